The molecule has 4 rings (SSSR count). The highest BCUT2D eigenvalue weighted by Gasteiger charge is 2.72. The summed E-state index contributed by atoms with van der Waals surface area (Å²) in [6.07, 6.45) is 4.73. The summed E-state index contributed by atoms with van der Waals surface area (Å²) in [6, 6.07) is 0. The van der Waals surface area contributed by atoms with Crippen LogP contribution in [0.1, 0.15) is 59.8 Å². The molecule has 0 aromatic heterocycles. The highest BCUT2D eigenvalue weighted by Crippen LogP contribution is 2.70. The number of ether oxygens (including phenoxy) is 2. The molecule has 0 amide bonds. The van der Waals surface area contributed by atoms with E-state index >= 15 is 0 Å². The smallest absolute Gasteiger partial charge is 0.190 e. The summed E-state index contributed by atoms with van der Waals surface area (Å²) in [5, 5.41) is 21.5. The molecule has 0 bridgehead atoms. The third kappa shape index (κ3) is 2.98. The number of hydrogen-bond acceptors (Lipinski definition) is 6. The molecule has 0 aliphatic heterocycles. The van der Waals surface area contributed by atoms with Crippen LogP contribution in [-0.2, 0) is 19.1 Å². The maximum atomic E-state index is 13.2. The van der Waals surface area contributed by atoms with Gasteiger partial charge in [-0.25, -0.2) is 0 Å². The van der Waals surface area contributed by atoms with Crippen molar-refractivity contribution < 1.29 is 29.3 Å². The van der Waals surface area contributed by atoms with Gasteiger partial charge in [0.2, 0.25) is 0 Å². The summed E-state index contributed by atoms with van der Waals surface area (Å²) in [6.45, 7) is 7.94. The summed E-state index contributed by atoms with van der Waals surface area (Å²) in [7, 11) is 1.53. The van der Waals surface area contributed by atoms with Gasteiger partial charge in [-0.1, -0.05) is 33.3 Å². The summed E-state index contributed by atoms with van der Waals surface area (Å²) >= 11 is 0. The van der Waals surface area contributed by atoms with Crippen molar-refractivity contribution >= 4 is 11.6 Å². The number of Topliss-reactive ketones (excluding diaryl/α,β-unsaturated/α-hetero) is 1. The van der Waals surface area contributed by atoms with Gasteiger partial charge >= 0.3 is 0 Å². The van der Waals surface area contributed by atoms with Gasteiger partial charge in [0.25, 0.3) is 0 Å². The van der Waals surface area contributed by atoms with E-state index in [1.54, 1.807) is 0 Å². The molecule has 2 N–H and O–H groups in total. The average Bonchev–Trinajstić information content (AvgIpc) is 2.94. The topological polar surface area (TPSA) is 93.1 Å². The molecule has 4 aliphatic carbocycles. The highest BCUT2D eigenvalue weighted by atomic mass is 16.7. The molecule has 0 aromatic carbocycles. The zero-order valence-electron chi connectivity index (χ0n) is 19.5. The molecule has 3 fully saturated rings. The first-order valence-corrected chi connectivity index (χ1v) is 11.8. The molecule has 6 nitrogen and oxygen atoms in total. The lowest BCUT2D eigenvalue weighted by Crippen LogP contribution is -2.64. The van der Waals surface area contributed by atoms with Crippen LogP contribution < -0.4 is 0 Å². The number of hydrogen-bond donors (Lipinski definition) is 2. The van der Waals surface area contributed by atoms with Crippen LogP contribution in [0.15, 0.2) is 11.6 Å². The number of aliphatic hydroxyl groups excluding tert-OH is 2. The fourth-order valence-corrected chi connectivity index (χ4v) is 8.69. The van der Waals surface area contributed by atoms with Crippen LogP contribution in [-0.4, -0.2) is 54.0 Å². The van der Waals surface area contributed by atoms with Gasteiger partial charge in [-0.2, -0.15) is 0 Å². The van der Waals surface area contributed by atoms with Crippen LogP contribution >= 0.6 is 0 Å². The maximum Gasteiger partial charge on any atom is 0.190 e. The Morgan fingerprint density at radius 1 is 1.26 bits per heavy atom. The Kier molecular flexibility index (Phi) is 5.78. The SMILES string of the molecule is COCO[C@]1(C(=O)CO)[C@@H](C)C[C@H]2[C@@H]3C[C@H](C)C4=CC(=O)CC[C@]4(C)[C@H]3[C@@H](O)C[C@@]21C. The lowest BCUT2D eigenvalue weighted by Gasteiger charge is -2.62. The zero-order chi connectivity index (χ0) is 22.8. The Labute approximate surface area is 185 Å². The molecule has 4 aliphatic rings. The van der Waals surface area contributed by atoms with Crippen LogP contribution in [0.2, 0.25) is 0 Å². The molecule has 0 heterocycles. The van der Waals surface area contributed by atoms with Crippen molar-refractivity contribution in [3.05, 3.63) is 11.6 Å². The minimum Gasteiger partial charge on any atom is -0.393 e. The van der Waals surface area contributed by atoms with Gasteiger partial charge < -0.3 is 19.7 Å². The van der Waals surface area contributed by atoms with Crippen LogP contribution in [0.3, 0.4) is 0 Å². The van der Waals surface area contributed by atoms with E-state index in [-0.39, 0.29) is 53.4 Å². The molecule has 0 saturated heterocycles. The molecule has 6 heteroatoms. The largest absolute Gasteiger partial charge is 0.393 e. The maximum absolute atomic E-state index is 13.2. The van der Waals surface area contributed by atoms with E-state index in [9.17, 15) is 19.8 Å². The van der Waals surface area contributed by atoms with Gasteiger partial charge in [-0.05, 0) is 66.8 Å². The minimum absolute atomic E-state index is 0.0221. The quantitative estimate of drug-likeness (QED) is 0.647. The number of methoxy groups -OCH3 is 1. The van der Waals surface area contributed by atoms with Crippen molar-refractivity contribution in [2.75, 3.05) is 20.5 Å². The monoisotopic (exact) mass is 434 g/mol. The van der Waals surface area contributed by atoms with E-state index < -0.39 is 23.7 Å². The number of carbonyl (C=O) groups is 2. The Balaban J connectivity index is 1.80. The fourth-order valence-electron chi connectivity index (χ4n) is 8.69. The van der Waals surface area contributed by atoms with E-state index in [1.165, 1.54) is 12.7 Å². The van der Waals surface area contributed by atoms with Crippen molar-refractivity contribution in [2.24, 2.45) is 40.4 Å². The Hall–Kier alpha value is -1.08. The van der Waals surface area contributed by atoms with E-state index in [1.807, 2.05) is 13.0 Å². The van der Waals surface area contributed by atoms with Crippen LogP contribution in [0.4, 0.5) is 0 Å². The summed E-state index contributed by atoms with van der Waals surface area (Å²) in [5.41, 5.74) is -0.753. The van der Waals surface area contributed by atoms with Gasteiger partial charge in [-0.3, -0.25) is 9.59 Å². The minimum atomic E-state index is -1.17. The number of rotatable bonds is 5. The molecule has 0 unspecified atom stereocenters. The second kappa shape index (κ2) is 7.75. The van der Waals surface area contributed by atoms with Crippen molar-refractivity contribution in [2.45, 2.75) is 71.5 Å². The molecule has 3 saturated carbocycles. The predicted octanol–water partition coefficient (Wildman–Crippen LogP) is 2.90. The summed E-state index contributed by atoms with van der Waals surface area (Å²) < 4.78 is 11.4. The molecule has 0 radical (unpaired) electrons. The van der Waals surface area contributed by atoms with Gasteiger partial charge in [0, 0.05) is 18.9 Å². The number of aliphatic hydroxyl groups is 2. The first kappa shape index (κ1) is 23.1. The van der Waals surface area contributed by atoms with E-state index in [4.69, 9.17) is 9.47 Å². The van der Waals surface area contributed by atoms with Crippen LogP contribution in [0.25, 0.3) is 0 Å². The van der Waals surface area contributed by atoms with E-state index in [0.29, 0.717) is 12.8 Å². The zero-order valence-corrected chi connectivity index (χ0v) is 19.5. The third-order valence-corrected chi connectivity index (χ3v) is 9.72. The number of carbonyl (C=O) groups excluding carboxylic acids is 2. The standard InChI is InChI=1S/C25H38O6/c1-14-8-17-19-9-15(2)25(21(29)12-26,31-13-30-5)24(19,4)11-20(28)22(17)23(3)7-6-16(27)10-18(14)23/h10,14-15,17,19-20,22,26,28H,6-9,11-13H2,1-5H3/t14-,15-,17-,19-,20-,22+,23-,24-,25-/m0/s1. The van der Waals surface area contributed by atoms with Crippen molar-refractivity contribution in [3.63, 3.8) is 0 Å². The number of ketones is 2. The van der Waals surface area contributed by atoms with Crippen LogP contribution in [0, 0.1) is 40.4 Å². The highest BCUT2D eigenvalue weighted by molar-refractivity contribution is 5.92. The Bertz CT molecular complexity index is 791. The fraction of sp³-hybridized carbons (Fsp3) is 0.840. The molecule has 9 atom stereocenters. The van der Waals surface area contributed by atoms with Gasteiger partial charge in [0.05, 0.1) is 6.10 Å². The van der Waals surface area contributed by atoms with Crippen molar-refractivity contribution in [1.82, 2.24) is 0 Å². The van der Waals surface area contributed by atoms with Crippen molar-refractivity contribution in [3.8, 4) is 0 Å². The second-order valence-corrected chi connectivity index (χ2v) is 11.1. The third-order valence-electron chi connectivity index (χ3n) is 9.72. The molecule has 0 aromatic rings. The lowest BCUT2D eigenvalue weighted by molar-refractivity contribution is -0.224. The number of fused-ring (bicyclic) bond motifs is 5. The van der Waals surface area contributed by atoms with E-state index in [0.717, 1.165) is 19.3 Å². The first-order chi connectivity index (χ1) is 14.6. The lowest BCUT2D eigenvalue weighted by atomic mass is 9.44. The van der Waals surface area contributed by atoms with Gasteiger partial charge in [-0.15, -0.1) is 0 Å². The summed E-state index contributed by atoms with van der Waals surface area (Å²) in [4.78, 5) is 25.4. The normalized spacial score (nSPS) is 49.1. The second-order valence-electron chi connectivity index (χ2n) is 11.1. The molecule has 174 valence electrons. The molecule has 31 heavy (non-hydrogen) atoms. The van der Waals surface area contributed by atoms with Gasteiger partial charge in [0.1, 0.15) is 19.0 Å². The Morgan fingerprint density at radius 3 is 2.61 bits per heavy atom. The molecular weight excluding hydrogens is 396 g/mol. The molecule has 0 spiro atoms. The predicted molar refractivity (Wildman–Crippen MR) is 115 cm³/mol. The van der Waals surface area contributed by atoms with Gasteiger partial charge in [0.15, 0.2) is 11.6 Å². The van der Waals surface area contributed by atoms with Crippen LogP contribution in [0.5, 0.6) is 0 Å². The Morgan fingerprint density at radius 2 is 1.97 bits per heavy atom. The summed E-state index contributed by atoms with van der Waals surface area (Å²) in [5.74, 6) is 0.563. The van der Waals surface area contributed by atoms with Crippen molar-refractivity contribution in [1.29, 1.82) is 0 Å². The molecular formula is C25H38O6. The number of allylic oxidation sites excluding steroid dienone is 1. The van der Waals surface area contributed by atoms with E-state index in [2.05, 4.69) is 20.8 Å². The first-order valence-electron chi connectivity index (χ1n) is 11.8. The average molecular weight is 435 g/mol.